The van der Waals surface area contributed by atoms with Gasteiger partial charge in [-0.05, 0) is 24.1 Å². The minimum absolute atomic E-state index is 0.102. The van der Waals surface area contributed by atoms with Gasteiger partial charge in [-0.25, -0.2) is 13.2 Å². The highest BCUT2D eigenvalue weighted by Gasteiger charge is 2.11. The third-order valence-electron chi connectivity index (χ3n) is 1.78. The summed E-state index contributed by atoms with van der Waals surface area (Å²) in [6.07, 6.45) is 0.102. The van der Waals surface area contributed by atoms with Crippen molar-refractivity contribution in [3.8, 4) is 0 Å². The Kier molecular flexibility index (Phi) is 3.49. The third kappa shape index (κ3) is 2.46. The van der Waals surface area contributed by atoms with Crippen LogP contribution in [0, 0.1) is 17.5 Å². The van der Waals surface area contributed by atoms with Gasteiger partial charge in [-0.2, -0.15) is 0 Å². The van der Waals surface area contributed by atoms with Gasteiger partial charge < -0.3 is 10.8 Å². The van der Waals surface area contributed by atoms with Gasteiger partial charge >= 0.3 is 0 Å². The topological polar surface area (TPSA) is 46.2 Å². The first-order valence-corrected chi connectivity index (χ1v) is 4.04. The van der Waals surface area contributed by atoms with Gasteiger partial charge in [0.1, 0.15) is 0 Å². The van der Waals surface area contributed by atoms with Crippen molar-refractivity contribution in [1.29, 1.82) is 0 Å². The van der Waals surface area contributed by atoms with Crippen molar-refractivity contribution in [2.75, 3.05) is 6.61 Å². The number of hydrogen-bond donors (Lipinski definition) is 2. The fourth-order valence-electron chi connectivity index (χ4n) is 1.09. The van der Waals surface area contributed by atoms with Crippen molar-refractivity contribution in [1.82, 2.24) is 0 Å². The number of hydrogen-bond acceptors (Lipinski definition) is 2. The fourth-order valence-corrected chi connectivity index (χ4v) is 1.09. The van der Waals surface area contributed by atoms with Crippen LogP contribution in [0.2, 0.25) is 0 Å². The Morgan fingerprint density at radius 3 is 2.14 bits per heavy atom. The summed E-state index contributed by atoms with van der Waals surface area (Å²) >= 11 is 0. The van der Waals surface area contributed by atoms with Crippen LogP contribution in [0.1, 0.15) is 5.56 Å². The first-order valence-electron chi connectivity index (χ1n) is 4.04. The molecule has 1 rings (SSSR count). The van der Waals surface area contributed by atoms with Crippen LogP contribution in [0.4, 0.5) is 13.2 Å². The van der Waals surface area contributed by atoms with Crippen molar-refractivity contribution in [3.05, 3.63) is 35.1 Å². The molecule has 0 heterocycles. The molecule has 0 aliphatic rings. The third-order valence-corrected chi connectivity index (χ3v) is 1.78. The van der Waals surface area contributed by atoms with Gasteiger partial charge in [0.05, 0.1) is 6.61 Å². The molecule has 1 aromatic carbocycles. The van der Waals surface area contributed by atoms with E-state index in [-0.39, 0.29) is 18.6 Å². The van der Waals surface area contributed by atoms with Crippen LogP contribution in [0.3, 0.4) is 0 Å². The van der Waals surface area contributed by atoms with E-state index in [4.69, 9.17) is 10.8 Å². The lowest BCUT2D eigenvalue weighted by Gasteiger charge is -2.08. The zero-order valence-electron chi connectivity index (χ0n) is 7.30. The molecule has 0 aromatic heterocycles. The Balaban J connectivity index is 2.89. The molecule has 1 aromatic rings. The van der Waals surface area contributed by atoms with Gasteiger partial charge in [0.2, 0.25) is 0 Å². The molecule has 0 saturated carbocycles. The van der Waals surface area contributed by atoms with E-state index in [0.717, 1.165) is 12.1 Å². The zero-order valence-corrected chi connectivity index (χ0v) is 7.30. The van der Waals surface area contributed by atoms with Gasteiger partial charge in [0, 0.05) is 6.04 Å². The Morgan fingerprint density at radius 2 is 1.71 bits per heavy atom. The summed E-state index contributed by atoms with van der Waals surface area (Å²) in [5.41, 5.74) is 5.58. The largest absolute Gasteiger partial charge is 0.395 e. The first kappa shape index (κ1) is 11.0. The van der Waals surface area contributed by atoms with Gasteiger partial charge in [-0.15, -0.1) is 0 Å². The Morgan fingerprint density at radius 1 is 1.21 bits per heavy atom. The lowest BCUT2D eigenvalue weighted by atomic mass is 10.1. The quantitative estimate of drug-likeness (QED) is 0.722. The van der Waals surface area contributed by atoms with Crippen LogP contribution >= 0.6 is 0 Å². The van der Waals surface area contributed by atoms with E-state index < -0.39 is 23.5 Å². The molecule has 5 heteroatoms. The molecule has 0 fully saturated rings. The molecule has 0 spiro atoms. The van der Waals surface area contributed by atoms with Crippen LogP contribution in [-0.2, 0) is 6.42 Å². The molecule has 2 nitrogen and oxygen atoms in total. The number of halogens is 3. The summed E-state index contributed by atoms with van der Waals surface area (Å²) in [7, 11) is 0. The molecule has 0 aliphatic carbocycles. The van der Waals surface area contributed by atoms with Crippen LogP contribution in [0.5, 0.6) is 0 Å². The molecular weight excluding hydrogens is 195 g/mol. The lowest BCUT2D eigenvalue weighted by molar-refractivity contribution is 0.265. The van der Waals surface area contributed by atoms with E-state index in [2.05, 4.69) is 0 Å². The Labute approximate surface area is 79.2 Å². The van der Waals surface area contributed by atoms with E-state index in [1.54, 1.807) is 0 Å². The molecule has 14 heavy (non-hydrogen) atoms. The molecule has 0 saturated heterocycles. The van der Waals surface area contributed by atoms with Crippen molar-refractivity contribution in [2.45, 2.75) is 12.5 Å². The smallest absolute Gasteiger partial charge is 0.194 e. The van der Waals surface area contributed by atoms with Crippen molar-refractivity contribution >= 4 is 0 Å². The predicted molar refractivity (Wildman–Crippen MR) is 45.1 cm³/mol. The van der Waals surface area contributed by atoms with E-state index in [0.29, 0.717) is 0 Å². The van der Waals surface area contributed by atoms with Gasteiger partial charge in [0.25, 0.3) is 0 Å². The summed E-state index contributed by atoms with van der Waals surface area (Å²) in [4.78, 5) is 0. The second-order valence-corrected chi connectivity index (χ2v) is 3.02. The maximum absolute atomic E-state index is 12.7. The first-order chi connectivity index (χ1) is 6.54. The van der Waals surface area contributed by atoms with Gasteiger partial charge in [-0.3, -0.25) is 0 Å². The normalized spacial score (nSPS) is 12.9. The van der Waals surface area contributed by atoms with E-state index in [9.17, 15) is 13.2 Å². The van der Waals surface area contributed by atoms with Gasteiger partial charge in [-0.1, -0.05) is 0 Å². The standard InChI is InChI=1S/C9H10F3NO/c10-7-2-5(1-6(13)4-14)3-8(11)9(7)12/h2-3,6,14H,1,4,13H2. The number of benzene rings is 1. The van der Waals surface area contributed by atoms with E-state index >= 15 is 0 Å². The van der Waals surface area contributed by atoms with Crippen LogP contribution < -0.4 is 5.73 Å². The lowest BCUT2D eigenvalue weighted by Crippen LogP contribution is -2.26. The molecule has 0 aliphatic heterocycles. The highest BCUT2D eigenvalue weighted by Crippen LogP contribution is 2.14. The minimum atomic E-state index is -1.49. The SMILES string of the molecule is NC(CO)Cc1cc(F)c(F)c(F)c1. The molecule has 0 amide bonds. The maximum atomic E-state index is 12.7. The molecule has 1 atom stereocenters. The second kappa shape index (κ2) is 4.43. The van der Waals surface area contributed by atoms with Crippen LogP contribution in [0.15, 0.2) is 12.1 Å². The van der Waals surface area contributed by atoms with E-state index in [1.165, 1.54) is 0 Å². The molecule has 0 radical (unpaired) electrons. The van der Waals surface area contributed by atoms with Crippen LogP contribution in [0.25, 0.3) is 0 Å². The summed E-state index contributed by atoms with van der Waals surface area (Å²) in [6, 6.07) is 1.14. The summed E-state index contributed by atoms with van der Waals surface area (Å²) in [6.45, 7) is -0.291. The zero-order chi connectivity index (χ0) is 10.7. The molecule has 0 bridgehead atoms. The van der Waals surface area contributed by atoms with Crippen molar-refractivity contribution in [2.24, 2.45) is 5.73 Å². The summed E-state index contributed by atoms with van der Waals surface area (Å²) in [5.74, 6) is -3.98. The van der Waals surface area contributed by atoms with E-state index in [1.807, 2.05) is 0 Å². The van der Waals surface area contributed by atoms with Gasteiger partial charge in [0.15, 0.2) is 17.5 Å². The predicted octanol–water partition coefficient (Wildman–Crippen LogP) is 0.966. The maximum Gasteiger partial charge on any atom is 0.194 e. The monoisotopic (exact) mass is 205 g/mol. The van der Waals surface area contributed by atoms with Crippen molar-refractivity contribution in [3.63, 3.8) is 0 Å². The number of aliphatic hydroxyl groups excluding tert-OH is 1. The van der Waals surface area contributed by atoms with Crippen molar-refractivity contribution < 1.29 is 18.3 Å². The Bertz CT molecular complexity index is 307. The molecule has 1 unspecified atom stereocenters. The minimum Gasteiger partial charge on any atom is -0.395 e. The average molecular weight is 205 g/mol. The summed E-state index contributed by atoms with van der Waals surface area (Å²) in [5, 5.41) is 8.60. The number of nitrogens with two attached hydrogens (primary N) is 1. The molecule has 3 N–H and O–H groups in total. The second-order valence-electron chi connectivity index (χ2n) is 3.02. The molecular formula is C9H10F3NO. The van der Waals surface area contributed by atoms with Crippen LogP contribution in [-0.4, -0.2) is 17.8 Å². The Hall–Kier alpha value is -1.07. The average Bonchev–Trinajstić information content (AvgIpc) is 2.14. The highest BCUT2D eigenvalue weighted by atomic mass is 19.2. The molecule has 78 valence electrons. The number of aliphatic hydroxyl groups is 1. The highest BCUT2D eigenvalue weighted by molar-refractivity contribution is 5.20. The summed E-state index contributed by atoms with van der Waals surface area (Å²) < 4.78 is 37.9. The fraction of sp³-hybridized carbons (Fsp3) is 0.333. The number of rotatable bonds is 3.